The van der Waals surface area contributed by atoms with Crippen LogP contribution in [0, 0.1) is 0 Å². The van der Waals surface area contributed by atoms with E-state index in [1.807, 2.05) is 24.5 Å². The maximum atomic E-state index is 12.5. The summed E-state index contributed by atoms with van der Waals surface area (Å²) in [4.78, 5) is 12.5. The molecule has 0 bridgehead atoms. The van der Waals surface area contributed by atoms with Crippen molar-refractivity contribution >= 4 is 39.3 Å². The molecule has 2 heterocycles. The van der Waals surface area contributed by atoms with Gasteiger partial charge in [-0.15, -0.1) is 10.2 Å². The van der Waals surface area contributed by atoms with Crippen molar-refractivity contribution in [3.63, 3.8) is 0 Å². The van der Waals surface area contributed by atoms with Crippen molar-refractivity contribution in [3.8, 4) is 23.1 Å². The molecule has 0 aliphatic rings. The molecule has 1 aromatic carbocycles. The van der Waals surface area contributed by atoms with E-state index in [1.54, 1.807) is 38.5 Å². The maximum absolute atomic E-state index is 12.5. The summed E-state index contributed by atoms with van der Waals surface area (Å²) in [7, 11) is 3.11. The second kappa shape index (κ2) is 9.36. The molecule has 0 saturated carbocycles. The third-order valence-corrected chi connectivity index (χ3v) is 5.36. The van der Waals surface area contributed by atoms with Crippen molar-refractivity contribution in [2.24, 2.45) is 0 Å². The standard InChI is InChI=1S/C19H21BrN4O4S/c1-11(2)24-18(15-7-8-16(20)28-15)22-23-19(24)29-10-17(25)21-13-9-12(26-3)5-6-14(13)27-4/h5-9,11H,10H2,1-4H3,(H,21,25). The third-order valence-electron chi connectivity index (χ3n) is 3.99. The number of hydrogen-bond acceptors (Lipinski definition) is 7. The topological polar surface area (TPSA) is 91.4 Å². The van der Waals surface area contributed by atoms with Gasteiger partial charge in [0, 0.05) is 12.1 Å². The number of nitrogens with one attached hydrogen (secondary N) is 1. The number of nitrogens with zero attached hydrogens (tertiary/aromatic N) is 3. The molecule has 0 unspecified atom stereocenters. The Morgan fingerprint density at radius 3 is 2.66 bits per heavy atom. The van der Waals surface area contributed by atoms with Crippen molar-refractivity contribution in [2.75, 3.05) is 25.3 Å². The summed E-state index contributed by atoms with van der Waals surface area (Å²) >= 11 is 4.60. The van der Waals surface area contributed by atoms with Crippen LogP contribution in [0.5, 0.6) is 11.5 Å². The molecule has 3 rings (SSSR count). The van der Waals surface area contributed by atoms with Gasteiger partial charge < -0.3 is 19.2 Å². The summed E-state index contributed by atoms with van der Waals surface area (Å²) < 4.78 is 18.7. The molecule has 0 radical (unpaired) electrons. The molecule has 2 aromatic heterocycles. The number of furan rings is 1. The Labute approximate surface area is 181 Å². The van der Waals surface area contributed by atoms with Crippen LogP contribution in [0.1, 0.15) is 19.9 Å². The van der Waals surface area contributed by atoms with E-state index in [9.17, 15) is 4.79 Å². The number of carbonyl (C=O) groups is 1. The second-order valence-corrected chi connectivity index (χ2v) is 8.00. The van der Waals surface area contributed by atoms with E-state index >= 15 is 0 Å². The Morgan fingerprint density at radius 2 is 2.03 bits per heavy atom. The predicted octanol–water partition coefficient (Wildman–Crippen LogP) is 4.63. The van der Waals surface area contributed by atoms with E-state index in [1.165, 1.54) is 11.8 Å². The Morgan fingerprint density at radius 1 is 1.24 bits per heavy atom. The molecule has 0 spiro atoms. The van der Waals surface area contributed by atoms with Crippen LogP contribution < -0.4 is 14.8 Å². The van der Waals surface area contributed by atoms with Gasteiger partial charge in [-0.2, -0.15) is 0 Å². The molecule has 0 fully saturated rings. The first kappa shape index (κ1) is 21.3. The lowest BCUT2D eigenvalue weighted by Crippen LogP contribution is -2.15. The van der Waals surface area contributed by atoms with Gasteiger partial charge >= 0.3 is 0 Å². The number of ether oxygens (including phenoxy) is 2. The van der Waals surface area contributed by atoms with Gasteiger partial charge in [0.05, 0.1) is 25.7 Å². The fourth-order valence-corrected chi connectivity index (χ4v) is 3.85. The Balaban J connectivity index is 1.73. The monoisotopic (exact) mass is 480 g/mol. The first-order chi connectivity index (χ1) is 13.9. The number of anilines is 1. The van der Waals surface area contributed by atoms with Crippen molar-refractivity contribution in [1.29, 1.82) is 0 Å². The van der Waals surface area contributed by atoms with Crippen LogP contribution in [0.3, 0.4) is 0 Å². The van der Waals surface area contributed by atoms with E-state index in [0.29, 0.717) is 38.6 Å². The lowest BCUT2D eigenvalue weighted by molar-refractivity contribution is -0.113. The molecule has 29 heavy (non-hydrogen) atoms. The highest BCUT2D eigenvalue weighted by molar-refractivity contribution is 9.10. The quantitative estimate of drug-likeness (QED) is 0.469. The van der Waals surface area contributed by atoms with E-state index in [0.717, 1.165) is 0 Å². The molecule has 0 saturated heterocycles. The molecular weight excluding hydrogens is 460 g/mol. The van der Waals surface area contributed by atoms with Crippen LogP contribution in [0.25, 0.3) is 11.6 Å². The van der Waals surface area contributed by atoms with Crippen LogP contribution in [-0.2, 0) is 4.79 Å². The lowest BCUT2D eigenvalue weighted by atomic mass is 10.2. The zero-order chi connectivity index (χ0) is 21.0. The number of aromatic nitrogens is 3. The fraction of sp³-hybridized carbons (Fsp3) is 0.316. The van der Waals surface area contributed by atoms with Gasteiger partial charge in [-0.3, -0.25) is 9.36 Å². The number of amides is 1. The molecule has 8 nitrogen and oxygen atoms in total. The van der Waals surface area contributed by atoms with Crippen LogP contribution in [0.4, 0.5) is 5.69 Å². The largest absolute Gasteiger partial charge is 0.497 e. The smallest absolute Gasteiger partial charge is 0.234 e. The summed E-state index contributed by atoms with van der Waals surface area (Å²) in [6.45, 7) is 4.05. The Kier molecular flexibility index (Phi) is 6.86. The molecule has 0 aliphatic heterocycles. The SMILES string of the molecule is COc1ccc(OC)c(NC(=O)CSc2nnc(-c3ccc(Br)o3)n2C(C)C)c1. The van der Waals surface area contributed by atoms with Crippen molar-refractivity contribution in [3.05, 3.63) is 35.0 Å². The van der Waals surface area contributed by atoms with Crippen molar-refractivity contribution < 1.29 is 18.7 Å². The lowest BCUT2D eigenvalue weighted by Gasteiger charge is -2.13. The Bertz CT molecular complexity index is 1000. The molecular formula is C19H21BrN4O4S. The number of benzene rings is 1. The van der Waals surface area contributed by atoms with Crippen LogP contribution >= 0.6 is 27.7 Å². The average molecular weight is 481 g/mol. The van der Waals surface area contributed by atoms with Crippen molar-refractivity contribution in [2.45, 2.75) is 25.0 Å². The van der Waals surface area contributed by atoms with E-state index in [-0.39, 0.29) is 17.7 Å². The summed E-state index contributed by atoms with van der Waals surface area (Å²) in [6, 6.07) is 8.94. The summed E-state index contributed by atoms with van der Waals surface area (Å²) in [5.41, 5.74) is 0.545. The number of carbonyl (C=O) groups excluding carboxylic acids is 1. The van der Waals surface area contributed by atoms with Gasteiger partial charge in [-0.25, -0.2) is 0 Å². The first-order valence-corrected chi connectivity index (χ1v) is 10.6. The molecule has 154 valence electrons. The van der Waals surface area contributed by atoms with Crippen molar-refractivity contribution in [1.82, 2.24) is 14.8 Å². The second-order valence-electron chi connectivity index (χ2n) is 6.28. The normalized spacial score (nSPS) is 11.0. The van der Waals surface area contributed by atoms with E-state index in [2.05, 4.69) is 31.4 Å². The highest BCUT2D eigenvalue weighted by atomic mass is 79.9. The molecule has 0 atom stereocenters. The molecule has 10 heteroatoms. The minimum absolute atomic E-state index is 0.0907. The fourth-order valence-electron chi connectivity index (χ4n) is 2.67. The summed E-state index contributed by atoms with van der Waals surface area (Å²) in [5.74, 6) is 2.37. The highest BCUT2D eigenvalue weighted by Gasteiger charge is 2.20. The van der Waals surface area contributed by atoms with Crippen LogP contribution in [0.2, 0.25) is 0 Å². The first-order valence-electron chi connectivity index (χ1n) is 8.78. The summed E-state index contributed by atoms with van der Waals surface area (Å²) in [5, 5.41) is 12.0. The summed E-state index contributed by atoms with van der Waals surface area (Å²) in [6.07, 6.45) is 0. The van der Waals surface area contributed by atoms with E-state index < -0.39 is 0 Å². The number of thioether (sulfide) groups is 1. The van der Waals surface area contributed by atoms with Gasteiger partial charge in [0.2, 0.25) is 11.7 Å². The van der Waals surface area contributed by atoms with Gasteiger partial charge in [0.15, 0.2) is 15.6 Å². The zero-order valence-electron chi connectivity index (χ0n) is 16.4. The van der Waals surface area contributed by atoms with Crippen LogP contribution in [-0.4, -0.2) is 40.6 Å². The highest BCUT2D eigenvalue weighted by Crippen LogP contribution is 2.31. The molecule has 3 aromatic rings. The van der Waals surface area contributed by atoms with Gasteiger partial charge in [0.25, 0.3) is 0 Å². The third kappa shape index (κ3) is 4.94. The molecule has 1 N–H and O–H groups in total. The molecule has 0 aliphatic carbocycles. The predicted molar refractivity (Wildman–Crippen MR) is 115 cm³/mol. The Hall–Kier alpha value is -2.46. The van der Waals surface area contributed by atoms with Crippen LogP contribution in [0.15, 0.2) is 44.6 Å². The molecule has 1 amide bonds. The number of halogens is 1. The number of hydrogen-bond donors (Lipinski definition) is 1. The minimum atomic E-state index is -0.192. The number of rotatable bonds is 8. The zero-order valence-corrected chi connectivity index (χ0v) is 18.8. The van der Waals surface area contributed by atoms with Gasteiger partial charge in [-0.05, 0) is 54.0 Å². The van der Waals surface area contributed by atoms with Gasteiger partial charge in [0.1, 0.15) is 11.5 Å². The van der Waals surface area contributed by atoms with E-state index in [4.69, 9.17) is 13.9 Å². The average Bonchev–Trinajstić information content (AvgIpc) is 3.32. The van der Waals surface area contributed by atoms with Gasteiger partial charge in [-0.1, -0.05) is 11.8 Å². The number of methoxy groups -OCH3 is 2. The minimum Gasteiger partial charge on any atom is -0.497 e. The maximum Gasteiger partial charge on any atom is 0.234 e.